The topological polar surface area (TPSA) is 476 Å². The van der Waals surface area contributed by atoms with Crippen LogP contribution in [0.4, 0.5) is 0 Å². The highest BCUT2D eigenvalue weighted by molar-refractivity contribution is 7.98. The van der Waals surface area contributed by atoms with Crippen LogP contribution in [0, 0.1) is 11.8 Å². The van der Waals surface area contributed by atoms with Crippen molar-refractivity contribution in [3.8, 4) is 0 Å². The maximum Gasteiger partial charge on any atom is 0.373 e. The Balaban J connectivity index is -0.000000520. The molecule has 0 spiro atoms. The van der Waals surface area contributed by atoms with E-state index < -0.39 is 135 Å². The molecule has 28 heteroatoms. The molecule has 0 fully saturated rings. The molecule has 0 aliphatic rings. The predicted octanol–water partition coefficient (Wildman–Crippen LogP) is -8.11. The summed E-state index contributed by atoms with van der Waals surface area (Å²) in [6, 6.07) is -2.31. The Labute approximate surface area is 378 Å². The highest BCUT2D eigenvalue weighted by atomic mass is 32.2. The number of carbonyl (C=O) groups is 7. The predicted molar refractivity (Wildman–Crippen MR) is 221 cm³/mol. The quantitative estimate of drug-likeness (QED) is 0.0318. The van der Waals surface area contributed by atoms with E-state index in [9.17, 15) is 79.5 Å². The fourth-order valence-electron chi connectivity index (χ4n) is 4.85. The van der Waals surface area contributed by atoms with Gasteiger partial charge in [-0.2, -0.15) is 30.9 Å². The molecule has 0 aromatic rings. The fourth-order valence-corrected chi connectivity index (χ4v) is 5.41. The van der Waals surface area contributed by atoms with Gasteiger partial charge >= 0.3 is 18.3 Å². The van der Waals surface area contributed by atoms with Gasteiger partial charge in [0.05, 0.1) is 48.8 Å². The van der Waals surface area contributed by atoms with E-state index in [2.05, 4.69) is 26.6 Å². The number of ketones is 2. The molecule has 0 unspecified atom stereocenters. The number of amides is 4. The van der Waals surface area contributed by atoms with Gasteiger partial charge in [0.25, 0.3) is 0 Å². The van der Waals surface area contributed by atoms with Crippen molar-refractivity contribution >= 4 is 65.2 Å². The summed E-state index contributed by atoms with van der Waals surface area (Å²) < 4.78 is 0. The van der Waals surface area contributed by atoms with Gasteiger partial charge in [-0.25, -0.2) is 4.79 Å². The van der Waals surface area contributed by atoms with Crippen molar-refractivity contribution in [3.63, 3.8) is 0 Å². The first-order valence-electron chi connectivity index (χ1n) is 19.6. The maximum atomic E-state index is 12.6. The highest BCUT2D eigenvalue weighted by Crippen LogP contribution is 2.14. The molecule has 27 nitrogen and oxygen atoms in total. The van der Waals surface area contributed by atoms with Gasteiger partial charge in [-0.15, -0.1) is 0 Å². The number of thioether (sulfide) groups is 1. The number of carboxylic acid groups (broad SMARTS) is 1. The smallest absolute Gasteiger partial charge is 0.373 e. The van der Waals surface area contributed by atoms with Crippen LogP contribution >= 0.6 is 11.8 Å². The van der Waals surface area contributed by atoms with Crippen LogP contribution in [0.1, 0.15) is 52.9 Å². The minimum absolute atomic E-state index is 0.0763. The summed E-state index contributed by atoms with van der Waals surface area (Å²) >= 11 is 1.19. The number of hydrogen-bond acceptors (Lipinski definition) is 23. The average Bonchev–Trinajstić information content (AvgIpc) is 3.27. The summed E-state index contributed by atoms with van der Waals surface area (Å²) in [5.74, 6) is -7.03. The van der Waals surface area contributed by atoms with Crippen molar-refractivity contribution in [1.82, 2.24) is 26.6 Å². The van der Waals surface area contributed by atoms with Gasteiger partial charge in [0, 0.05) is 44.5 Å². The van der Waals surface area contributed by atoms with E-state index >= 15 is 0 Å². The Morgan fingerprint density at radius 3 is 1.29 bits per heavy atom. The molecule has 0 aromatic carbocycles. The number of Topliss-reactive ketones (excluding diaryl/α,β-unsaturated/α-hetero) is 2. The van der Waals surface area contributed by atoms with Crippen molar-refractivity contribution < 1.29 is 104 Å². The zero-order chi connectivity index (χ0) is 51.6. The zero-order valence-corrected chi connectivity index (χ0v) is 37.6. The van der Waals surface area contributed by atoms with E-state index in [0.29, 0.717) is 0 Å². The monoisotopic (exact) mass is 962 g/mol. The van der Waals surface area contributed by atoms with E-state index in [1.54, 1.807) is 34.1 Å². The number of primary amides is 1. The minimum Gasteiger partial charge on any atom is -0.480 e. The third-order valence-electron chi connectivity index (χ3n) is 9.21. The molecule has 13 atom stereocenters. The molecule has 0 aliphatic carbocycles. The molecule has 0 bridgehead atoms. The summed E-state index contributed by atoms with van der Waals surface area (Å²) in [5, 5.41) is 108. The first-order chi connectivity index (χ1) is 30.3. The van der Waals surface area contributed by atoms with Gasteiger partial charge in [-0.1, -0.05) is 6.92 Å². The lowest BCUT2D eigenvalue weighted by atomic mass is 9.94. The SMILES string of the molecule is CC[C@@H](O)[C@@H](O)[C@H](O)[C@@H](O)CNC(=O)C[C@@H](CC(=O)[C@H](C)NC)C(N)=O.CN[C@@H](C)C(=O)C[C@@H](CC(=O)NC[C@H](O)[C@@H](O)[C@H](O)[C@H](O)CO)C(=O)N[C@@H](CSC)C(=O)O.O=C=O.O=C=O. The first kappa shape index (κ1) is 67.0. The summed E-state index contributed by atoms with van der Waals surface area (Å²) in [5.41, 5.74) is 5.23. The van der Waals surface area contributed by atoms with Crippen LogP contribution in [0.25, 0.3) is 0 Å². The van der Waals surface area contributed by atoms with Crippen molar-refractivity contribution in [2.75, 3.05) is 45.8 Å². The Kier molecular flexibility index (Phi) is 39.8. The number of rotatable bonds is 30. The third-order valence-corrected chi connectivity index (χ3v) is 9.88. The van der Waals surface area contributed by atoms with E-state index in [4.69, 9.17) is 30.0 Å². The second kappa shape index (κ2) is 38.6. The van der Waals surface area contributed by atoms with E-state index in [0.717, 1.165) is 0 Å². The first-order valence-corrected chi connectivity index (χ1v) is 20.9. The van der Waals surface area contributed by atoms with Crippen LogP contribution in [0.5, 0.6) is 0 Å². The zero-order valence-electron chi connectivity index (χ0n) is 36.8. The molecule has 4 amide bonds. The number of hydrogen-bond donors (Lipinski definition) is 16. The molecule has 0 heterocycles. The molecule has 17 N–H and O–H groups in total. The molecule has 0 saturated carbocycles. The lowest BCUT2D eigenvalue weighted by Crippen LogP contribution is -2.50. The molecular formula is C37H66N6O21S. The van der Waals surface area contributed by atoms with Crippen molar-refractivity contribution in [1.29, 1.82) is 0 Å². The minimum atomic E-state index is -1.88. The van der Waals surface area contributed by atoms with E-state index in [1.165, 1.54) is 18.8 Å². The largest absolute Gasteiger partial charge is 0.480 e. The molecule has 65 heavy (non-hydrogen) atoms. The summed E-state index contributed by atoms with van der Waals surface area (Å²) in [6.45, 7) is 2.95. The van der Waals surface area contributed by atoms with Crippen LogP contribution in [0.2, 0.25) is 0 Å². The second-order valence-electron chi connectivity index (χ2n) is 14.0. The fraction of sp³-hybridized carbons (Fsp3) is 0.757. The molecule has 0 radical (unpaired) electrons. The van der Waals surface area contributed by atoms with Crippen molar-refractivity contribution in [3.05, 3.63) is 0 Å². The molecule has 0 aromatic heterocycles. The van der Waals surface area contributed by atoms with Crippen LogP contribution in [0.15, 0.2) is 0 Å². The highest BCUT2D eigenvalue weighted by Gasteiger charge is 2.33. The van der Waals surface area contributed by atoms with Crippen LogP contribution < -0.4 is 32.3 Å². The normalized spacial score (nSPS) is 16.5. The number of nitrogens with two attached hydrogens (primary N) is 1. The maximum absolute atomic E-state index is 12.6. The molecule has 0 aliphatic heterocycles. The van der Waals surface area contributed by atoms with E-state index in [-0.39, 0.29) is 55.3 Å². The second-order valence-corrected chi connectivity index (χ2v) is 14.9. The molecule has 0 saturated heterocycles. The number of carboxylic acids is 1. The Bertz CT molecular complexity index is 1490. The van der Waals surface area contributed by atoms with Gasteiger partial charge in [0.2, 0.25) is 23.6 Å². The lowest BCUT2D eigenvalue weighted by Gasteiger charge is -2.26. The summed E-state index contributed by atoms with van der Waals surface area (Å²) in [4.78, 5) is 116. The molecule has 376 valence electrons. The molecule has 0 rings (SSSR count). The van der Waals surface area contributed by atoms with Crippen LogP contribution in [0.3, 0.4) is 0 Å². The Morgan fingerprint density at radius 1 is 0.615 bits per heavy atom. The van der Waals surface area contributed by atoms with Crippen molar-refractivity contribution in [2.45, 2.75) is 120 Å². The third kappa shape index (κ3) is 30.2. The van der Waals surface area contributed by atoms with Crippen LogP contribution in [-0.2, 0) is 52.7 Å². The van der Waals surface area contributed by atoms with Crippen molar-refractivity contribution in [2.24, 2.45) is 17.6 Å². The van der Waals surface area contributed by atoms with E-state index in [1.807, 2.05) is 0 Å². The number of aliphatic hydroxyl groups excluding tert-OH is 9. The van der Waals surface area contributed by atoms with Gasteiger partial charge in [0.1, 0.15) is 48.1 Å². The Hall–Kier alpha value is -4.64. The number of nitrogens with one attached hydrogen (secondary N) is 5. The van der Waals surface area contributed by atoms with Crippen LogP contribution in [-0.4, -0.2) is 217 Å². The standard InChI is InChI=1S/C19H35N3O10S.C16H31N3O7.2CO2/c1-9(20-2)12(24)4-10(18(30)22-11(8-33-3)19(31)32)5-15(27)21-6-13(25)16(28)17(29)14(26)7-23;1-4-10(20)14(24)15(25)12(22)7-19-13(23)6-9(16(17)26)5-11(21)8(2)18-3;2*2-1-3/h9-11,13-14,16-17,20,23,25-26,28-29H,4-8H2,1-3H3,(H,21,27)(H,22,30)(H,31,32);8-10,12,14-15,18,20,22,24-25H,4-7H2,1-3H3,(H2,17,26)(H,19,23);;/t9-,10-,11-,13-,14+,16+,17+;8-,9+,10+,12-,14+,15+;;/m00../s1. The van der Waals surface area contributed by atoms with Gasteiger partial charge < -0.3 is 83.4 Å². The van der Waals surface area contributed by atoms with Gasteiger partial charge in [-0.05, 0) is 40.6 Å². The van der Waals surface area contributed by atoms with Gasteiger partial charge in [-0.3, -0.25) is 28.8 Å². The molecular weight excluding hydrogens is 896 g/mol. The lowest BCUT2D eigenvalue weighted by molar-refractivity contribution is -0.193. The van der Waals surface area contributed by atoms with Gasteiger partial charge in [0.15, 0.2) is 0 Å². The summed E-state index contributed by atoms with van der Waals surface area (Å²) in [7, 11) is 3.13. The number of likely N-dealkylation sites (N-methyl/N-ethyl adjacent to an activating group) is 2. The number of carbonyl (C=O) groups excluding carboxylic acids is 10. The number of aliphatic hydroxyl groups is 9. The number of aliphatic carboxylic acids is 1. The Morgan fingerprint density at radius 2 is 0.969 bits per heavy atom. The summed E-state index contributed by atoms with van der Waals surface area (Å²) in [6.07, 6.45) is -12.2. The average molecular weight is 963 g/mol.